The fraction of sp³-hybridized carbons (Fsp3) is 0.679. The van der Waals surface area contributed by atoms with Crippen molar-refractivity contribution in [3.8, 4) is 0 Å². The Hall–Kier alpha value is -4.68. The molecule has 17 N–H and O–H groups in total. The fourth-order valence-corrected chi connectivity index (χ4v) is 2.66. The molecule has 0 bridgehead atoms. The van der Waals surface area contributed by atoms with Crippen molar-refractivity contribution in [2.75, 3.05) is 14.2 Å². The van der Waals surface area contributed by atoms with E-state index < -0.39 is 77.6 Å². The average Bonchev–Trinajstić information content (AvgIpc) is 3.31. The van der Waals surface area contributed by atoms with Crippen molar-refractivity contribution in [2.24, 2.45) is 22.9 Å². The number of carboxylic acids is 3. The van der Waals surface area contributed by atoms with Gasteiger partial charge in [-0.2, -0.15) is 0 Å². The topological polar surface area (TPSA) is 434 Å². The van der Waals surface area contributed by atoms with Crippen molar-refractivity contribution in [1.82, 2.24) is 11.5 Å². The summed E-state index contributed by atoms with van der Waals surface area (Å²) in [5, 5.41) is 26.8. The third kappa shape index (κ3) is 38.1. The van der Waals surface area contributed by atoms with Crippen LogP contribution in [0.1, 0.15) is 79.6 Å². The standard InChI is InChI=1S/C9H18N2O3.C7H9NO5.C6H11NO4.C5H9NO4.CH4.ClH.H3N.H2O/c1-9(2,3)14-7(12)5-4-6(10)8(11)13;1-12-5(9)3-2-4-6(10)13-7(11)8-4;1-11-5(8)3-2-4(7)6(9)10;6-3(5(9)10)1-2-4(7)8;;;;/h6H,4-5,10H2,1-3H3,(H2,11,13);4H,2-3H2,1H3,(H,8,11);4H,2-3,7H2,1H3,(H,9,10);3H,1-2,6H2,(H,7,8)(H,9,10);1H4;1H;1H3;1H2/t6-;2*4-;3-;;;;/m0000..../s1. The summed E-state index contributed by atoms with van der Waals surface area (Å²) in [6, 6.07) is -3.53. The number of carbonyl (C=O) groups excluding carboxylic acids is 6. The summed E-state index contributed by atoms with van der Waals surface area (Å²) in [4.78, 5) is 94.2. The van der Waals surface area contributed by atoms with Crippen LogP contribution in [0.15, 0.2) is 0 Å². The largest absolute Gasteiger partial charge is 0.481 e. The van der Waals surface area contributed by atoms with Gasteiger partial charge in [-0.1, -0.05) is 7.43 Å². The van der Waals surface area contributed by atoms with Crippen molar-refractivity contribution < 1.29 is 82.9 Å². The molecular formula is C28H57ClN6O17. The van der Waals surface area contributed by atoms with Crippen LogP contribution >= 0.6 is 12.4 Å². The molecule has 0 unspecified atom stereocenters. The van der Waals surface area contributed by atoms with Gasteiger partial charge in [0.1, 0.15) is 23.7 Å². The second-order valence-electron chi connectivity index (χ2n) is 10.6. The van der Waals surface area contributed by atoms with E-state index >= 15 is 0 Å². The molecule has 0 aromatic heterocycles. The summed E-state index contributed by atoms with van der Waals surface area (Å²) in [5.74, 6) is -5.78. The molecule has 0 aromatic carbocycles. The molecule has 0 aromatic rings. The molecule has 4 atom stereocenters. The SMILES string of the molecule is C.CC(C)(C)OC(=O)CC[C@H](N)C(N)=O.COC(=O)CC[C@@H]1NC(=O)OC1=O.COC(=O)CC[C@H](N)C(=O)O.Cl.N.N[C@@H](CCC(=O)O)C(=O)O.O. The van der Waals surface area contributed by atoms with Gasteiger partial charge in [0, 0.05) is 25.7 Å². The summed E-state index contributed by atoms with van der Waals surface area (Å²) in [6.45, 7) is 5.33. The number of carboxylic acid groups (broad SMARTS) is 3. The number of nitrogens with two attached hydrogens (primary N) is 4. The molecule has 0 spiro atoms. The number of esters is 4. The van der Waals surface area contributed by atoms with Crippen LogP contribution in [0.2, 0.25) is 0 Å². The van der Waals surface area contributed by atoms with E-state index in [0.717, 1.165) is 0 Å². The van der Waals surface area contributed by atoms with Crippen LogP contribution in [0.4, 0.5) is 4.79 Å². The van der Waals surface area contributed by atoms with E-state index in [1.54, 1.807) is 20.8 Å². The monoisotopic (exact) mass is 784 g/mol. The highest BCUT2D eigenvalue weighted by atomic mass is 35.5. The number of carbonyl (C=O) groups is 9. The Balaban J connectivity index is -0.000000102. The molecule has 23 nitrogen and oxygen atoms in total. The lowest BCUT2D eigenvalue weighted by Crippen LogP contribution is -2.37. The van der Waals surface area contributed by atoms with Crippen molar-refractivity contribution in [3.63, 3.8) is 0 Å². The number of hydrogen-bond acceptors (Lipinski definition) is 17. The van der Waals surface area contributed by atoms with E-state index in [9.17, 15) is 43.2 Å². The maximum Gasteiger partial charge on any atom is 0.415 e. The highest BCUT2D eigenvalue weighted by Crippen LogP contribution is 2.09. The van der Waals surface area contributed by atoms with Crippen LogP contribution in [0.3, 0.4) is 0 Å². The summed E-state index contributed by atoms with van der Waals surface area (Å²) >= 11 is 0. The highest BCUT2D eigenvalue weighted by Gasteiger charge is 2.32. The summed E-state index contributed by atoms with van der Waals surface area (Å²) in [7, 11) is 2.50. The quantitative estimate of drug-likeness (QED) is 0.0518. The van der Waals surface area contributed by atoms with Gasteiger partial charge in [-0.05, 0) is 46.5 Å². The molecule has 24 heteroatoms. The lowest BCUT2D eigenvalue weighted by atomic mass is 10.1. The van der Waals surface area contributed by atoms with Gasteiger partial charge in [0.05, 0.1) is 20.3 Å². The van der Waals surface area contributed by atoms with Crippen LogP contribution in [-0.4, -0.2) is 119 Å². The number of aliphatic carboxylic acids is 3. The number of primary amides is 1. The predicted molar refractivity (Wildman–Crippen MR) is 184 cm³/mol. The average molecular weight is 785 g/mol. The minimum Gasteiger partial charge on any atom is -0.481 e. The Morgan fingerprint density at radius 3 is 1.48 bits per heavy atom. The van der Waals surface area contributed by atoms with Crippen LogP contribution in [0.5, 0.6) is 0 Å². The molecule has 52 heavy (non-hydrogen) atoms. The number of amides is 2. The first kappa shape index (κ1) is 62.5. The van der Waals surface area contributed by atoms with Crippen molar-refractivity contribution in [3.05, 3.63) is 0 Å². The Bertz CT molecular complexity index is 1120. The van der Waals surface area contributed by atoms with Crippen molar-refractivity contribution in [2.45, 2.75) is 109 Å². The normalized spacial score (nSPS) is 13.8. The Kier molecular flexibility index (Phi) is 40.2. The molecular weight excluding hydrogens is 728 g/mol. The molecule has 2 amide bonds. The number of halogens is 1. The molecule has 1 saturated heterocycles. The van der Waals surface area contributed by atoms with Gasteiger partial charge >= 0.3 is 47.9 Å². The Labute approximate surface area is 307 Å². The van der Waals surface area contributed by atoms with Crippen LogP contribution in [0.25, 0.3) is 0 Å². The first-order chi connectivity index (χ1) is 22.0. The number of rotatable bonds is 15. The third-order valence-electron chi connectivity index (χ3n) is 5.27. The van der Waals surface area contributed by atoms with Crippen molar-refractivity contribution in [1.29, 1.82) is 0 Å². The maximum atomic E-state index is 11.2. The van der Waals surface area contributed by atoms with E-state index in [-0.39, 0.29) is 88.8 Å². The zero-order chi connectivity index (χ0) is 38.2. The van der Waals surface area contributed by atoms with Gasteiger partial charge in [-0.25, -0.2) is 9.59 Å². The number of methoxy groups -OCH3 is 2. The van der Waals surface area contributed by atoms with Gasteiger partial charge in [0.2, 0.25) is 5.91 Å². The van der Waals surface area contributed by atoms with Crippen LogP contribution in [-0.2, 0) is 57.3 Å². The van der Waals surface area contributed by atoms with Gasteiger partial charge in [-0.15, -0.1) is 12.4 Å². The number of cyclic esters (lactones) is 2. The molecule has 0 saturated carbocycles. The summed E-state index contributed by atoms with van der Waals surface area (Å²) in [6.07, 6.45) is -0.205. The lowest BCUT2D eigenvalue weighted by Gasteiger charge is -2.19. The first-order valence-electron chi connectivity index (χ1n) is 14.1. The molecule has 1 rings (SSSR count). The molecule has 1 fully saturated rings. The summed E-state index contributed by atoms with van der Waals surface area (Å²) in [5.41, 5.74) is 19.9. The van der Waals surface area contributed by atoms with E-state index in [4.69, 9.17) is 43.0 Å². The number of ether oxygens (including phenoxy) is 4. The Morgan fingerprint density at radius 2 is 1.15 bits per heavy atom. The molecule has 1 aliphatic rings. The fourth-order valence-electron chi connectivity index (χ4n) is 2.66. The third-order valence-corrected chi connectivity index (χ3v) is 5.27. The van der Waals surface area contributed by atoms with Gasteiger partial charge < -0.3 is 74.1 Å². The lowest BCUT2D eigenvalue weighted by molar-refractivity contribution is -0.155. The van der Waals surface area contributed by atoms with Crippen LogP contribution in [0, 0.1) is 0 Å². The van der Waals surface area contributed by atoms with E-state index in [0.29, 0.717) is 0 Å². The minimum absolute atomic E-state index is 0. The molecule has 0 aliphatic carbocycles. The molecule has 0 radical (unpaired) electrons. The minimum atomic E-state index is -1.17. The number of alkyl carbamates (subject to hydrolysis) is 1. The zero-order valence-corrected chi connectivity index (χ0v) is 29.9. The molecule has 1 aliphatic heterocycles. The summed E-state index contributed by atoms with van der Waals surface area (Å²) < 4.78 is 17.9. The maximum absolute atomic E-state index is 11.2. The van der Waals surface area contributed by atoms with E-state index in [1.165, 1.54) is 14.2 Å². The van der Waals surface area contributed by atoms with Crippen molar-refractivity contribution >= 4 is 66.2 Å². The van der Waals surface area contributed by atoms with E-state index in [2.05, 4.69) is 19.5 Å². The smallest absolute Gasteiger partial charge is 0.415 e. The number of nitrogens with one attached hydrogen (secondary N) is 1. The second kappa shape index (κ2) is 33.5. The van der Waals surface area contributed by atoms with Crippen LogP contribution < -0.4 is 34.4 Å². The highest BCUT2D eigenvalue weighted by molar-refractivity contribution is 5.95. The number of hydrogen-bond donors (Lipinski definition) is 9. The van der Waals surface area contributed by atoms with Gasteiger partial charge in [-0.3, -0.25) is 33.6 Å². The van der Waals surface area contributed by atoms with E-state index in [1.807, 2.05) is 0 Å². The first-order valence-corrected chi connectivity index (χ1v) is 14.1. The second-order valence-corrected chi connectivity index (χ2v) is 10.6. The van der Waals surface area contributed by atoms with Gasteiger partial charge in [0.15, 0.2) is 0 Å². The predicted octanol–water partition coefficient (Wildman–Crippen LogP) is -1.49. The Morgan fingerprint density at radius 1 is 0.769 bits per heavy atom. The van der Waals surface area contributed by atoms with Gasteiger partial charge in [0.25, 0.3) is 0 Å². The zero-order valence-electron chi connectivity index (χ0n) is 29.0. The molecule has 1 heterocycles. The molecule has 308 valence electrons.